The third kappa shape index (κ3) is 6.12. The van der Waals surface area contributed by atoms with E-state index in [0.717, 1.165) is 32.2 Å². The largest absolute Gasteiger partial charge is 0.358 e. The van der Waals surface area contributed by atoms with Crippen molar-refractivity contribution < 1.29 is 4.79 Å². The minimum Gasteiger partial charge on any atom is -0.358 e. The second-order valence-corrected chi connectivity index (χ2v) is 13.0. The Hall–Kier alpha value is -3.12. The Morgan fingerprint density at radius 3 is 2.27 bits per heavy atom. The summed E-state index contributed by atoms with van der Waals surface area (Å²) in [5.41, 5.74) is 4.66. The molecular formula is C34H44N4OS. The van der Waals surface area contributed by atoms with Crippen LogP contribution in [-0.2, 0) is 4.79 Å². The van der Waals surface area contributed by atoms with Crippen LogP contribution in [0.1, 0.15) is 82.6 Å². The number of hydrogen-bond acceptors (Lipinski definition) is 2. The first-order valence-corrected chi connectivity index (χ1v) is 15.3. The van der Waals surface area contributed by atoms with E-state index >= 15 is 0 Å². The van der Waals surface area contributed by atoms with Gasteiger partial charge in [-0.05, 0) is 73.5 Å². The van der Waals surface area contributed by atoms with Gasteiger partial charge in [0.05, 0.1) is 12.1 Å². The third-order valence-electron chi connectivity index (χ3n) is 8.68. The van der Waals surface area contributed by atoms with Gasteiger partial charge in [-0.3, -0.25) is 4.79 Å². The molecule has 5 rings (SSSR count). The lowest BCUT2D eigenvalue weighted by molar-refractivity contribution is -0.136. The van der Waals surface area contributed by atoms with Crippen LogP contribution in [-0.4, -0.2) is 39.1 Å². The number of benzene rings is 2. The van der Waals surface area contributed by atoms with E-state index in [0.29, 0.717) is 11.2 Å². The van der Waals surface area contributed by atoms with Crippen molar-refractivity contribution >= 4 is 23.2 Å². The Balaban J connectivity index is 1.33. The third-order valence-corrected chi connectivity index (χ3v) is 8.91. The minimum absolute atomic E-state index is 0.123. The van der Waals surface area contributed by atoms with Crippen LogP contribution in [0.5, 0.6) is 0 Å². The number of nitrogens with one attached hydrogen (secondary N) is 2. The van der Waals surface area contributed by atoms with E-state index in [1.54, 1.807) is 0 Å². The summed E-state index contributed by atoms with van der Waals surface area (Å²) in [6.45, 7) is 9.35. The summed E-state index contributed by atoms with van der Waals surface area (Å²) in [6.07, 6.45) is 6.55. The van der Waals surface area contributed by atoms with Crippen molar-refractivity contribution in [3.05, 3.63) is 84.1 Å². The number of aromatic nitrogens is 1. The smallest absolute Gasteiger partial charge is 0.246 e. The summed E-state index contributed by atoms with van der Waals surface area (Å²) in [4.78, 5) is 16.1. The van der Waals surface area contributed by atoms with E-state index in [4.69, 9.17) is 12.2 Å². The zero-order valence-electron chi connectivity index (χ0n) is 24.4. The van der Waals surface area contributed by atoms with Gasteiger partial charge in [-0.15, -0.1) is 0 Å². The molecule has 0 bridgehead atoms. The Morgan fingerprint density at radius 1 is 0.900 bits per heavy atom. The normalized spacial score (nSPS) is 22.1. The lowest BCUT2D eigenvalue weighted by Crippen LogP contribution is -2.58. The van der Waals surface area contributed by atoms with Gasteiger partial charge in [0.2, 0.25) is 5.91 Å². The SMILES string of the molecule is Cc1ccc(-c2ccccc2)n1[C@@H]1CCCC[C@H]1NC(=S)N[C@H](C(=O)N1CCC[C@@H]1c1ccccc1)C(C)(C)C. The van der Waals surface area contributed by atoms with Crippen molar-refractivity contribution in [1.82, 2.24) is 20.1 Å². The number of likely N-dealkylation sites (tertiary alicyclic amines) is 1. The van der Waals surface area contributed by atoms with Crippen LogP contribution in [0.15, 0.2) is 72.8 Å². The molecule has 2 fully saturated rings. The molecule has 2 heterocycles. The molecule has 1 saturated carbocycles. The van der Waals surface area contributed by atoms with E-state index in [1.807, 2.05) is 6.07 Å². The van der Waals surface area contributed by atoms with Crippen LogP contribution in [0.25, 0.3) is 11.3 Å². The molecular weight excluding hydrogens is 512 g/mol. The molecule has 1 aromatic heterocycles. The molecule has 2 N–H and O–H groups in total. The van der Waals surface area contributed by atoms with Crippen molar-refractivity contribution in [1.29, 1.82) is 0 Å². The van der Waals surface area contributed by atoms with Gasteiger partial charge < -0.3 is 20.1 Å². The van der Waals surface area contributed by atoms with Crippen molar-refractivity contribution in [2.24, 2.45) is 5.41 Å². The lowest BCUT2D eigenvalue weighted by atomic mass is 9.85. The van der Waals surface area contributed by atoms with Crippen LogP contribution in [0, 0.1) is 12.3 Å². The fourth-order valence-electron chi connectivity index (χ4n) is 6.63. The van der Waals surface area contributed by atoms with E-state index < -0.39 is 6.04 Å². The van der Waals surface area contributed by atoms with Gasteiger partial charge in [0.1, 0.15) is 6.04 Å². The summed E-state index contributed by atoms with van der Waals surface area (Å²) in [5.74, 6) is 0.135. The molecule has 2 aliphatic rings. The van der Waals surface area contributed by atoms with Crippen molar-refractivity contribution in [2.75, 3.05) is 6.54 Å². The molecule has 1 aliphatic heterocycles. The zero-order chi connectivity index (χ0) is 28.3. The van der Waals surface area contributed by atoms with Gasteiger partial charge in [-0.25, -0.2) is 0 Å². The standard InChI is InChI=1S/C34H44N4OS/c1-24-21-22-29(26-16-9-6-10-17-26)38(24)30-19-12-11-18-27(30)35-33(40)36-31(34(2,3)4)32(39)37-23-13-20-28(37)25-14-7-5-8-15-25/h5-10,14-17,21-22,27-28,30-31H,11-13,18-20,23H2,1-4H3,(H2,35,36,40)/t27-,28-,30-,31-/m1/s1. The average Bonchev–Trinajstić information content (AvgIpc) is 3.59. The summed E-state index contributed by atoms with van der Waals surface area (Å²) < 4.78 is 2.50. The first kappa shape index (κ1) is 28.4. The molecule has 212 valence electrons. The van der Waals surface area contributed by atoms with Crippen LogP contribution >= 0.6 is 12.2 Å². The maximum atomic E-state index is 14.1. The number of amides is 1. The van der Waals surface area contributed by atoms with Crippen LogP contribution < -0.4 is 10.6 Å². The fourth-order valence-corrected chi connectivity index (χ4v) is 6.90. The Bertz CT molecular complexity index is 1300. The molecule has 0 radical (unpaired) electrons. The maximum Gasteiger partial charge on any atom is 0.246 e. The van der Waals surface area contributed by atoms with Gasteiger partial charge in [0.15, 0.2) is 5.11 Å². The highest BCUT2D eigenvalue weighted by atomic mass is 32.1. The quantitative estimate of drug-likeness (QED) is 0.316. The molecule has 40 heavy (non-hydrogen) atoms. The molecule has 3 aromatic rings. The number of thiocarbonyl (C=S) groups is 1. The monoisotopic (exact) mass is 556 g/mol. The maximum absolute atomic E-state index is 14.1. The second kappa shape index (κ2) is 12.2. The lowest BCUT2D eigenvalue weighted by Gasteiger charge is -2.39. The van der Waals surface area contributed by atoms with E-state index in [-0.39, 0.29) is 23.4 Å². The van der Waals surface area contributed by atoms with Gasteiger partial charge in [-0.1, -0.05) is 94.3 Å². The highest BCUT2D eigenvalue weighted by Crippen LogP contribution is 2.36. The number of rotatable bonds is 6. The molecule has 0 unspecified atom stereocenters. The van der Waals surface area contributed by atoms with Gasteiger partial charge in [0, 0.05) is 24.0 Å². The first-order chi connectivity index (χ1) is 19.2. The summed E-state index contributed by atoms with van der Waals surface area (Å²) >= 11 is 5.94. The van der Waals surface area contributed by atoms with Crippen molar-refractivity contribution in [2.45, 2.75) is 90.4 Å². The zero-order valence-corrected chi connectivity index (χ0v) is 25.2. The van der Waals surface area contributed by atoms with Gasteiger partial charge in [-0.2, -0.15) is 0 Å². The number of carbonyl (C=O) groups excluding carboxylic acids is 1. The average molecular weight is 557 g/mol. The number of aryl methyl sites for hydroxylation is 1. The second-order valence-electron chi connectivity index (χ2n) is 12.6. The summed E-state index contributed by atoms with van der Waals surface area (Å²) in [6, 6.07) is 25.7. The predicted octanol–water partition coefficient (Wildman–Crippen LogP) is 7.19. The molecule has 1 aliphatic carbocycles. The molecule has 2 aromatic carbocycles. The predicted molar refractivity (Wildman–Crippen MR) is 168 cm³/mol. The Labute approximate surface area is 245 Å². The van der Waals surface area contributed by atoms with E-state index in [2.05, 4.69) is 115 Å². The molecule has 1 amide bonds. The summed E-state index contributed by atoms with van der Waals surface area (Å²) in [7, 11) is 0. The van der Waals surface area contributed by atoms with E-state index in [1.165, 1.54) is 35.4 Å². The molecule has 4 atom stereocenters. The molecule has 1 saturated heterocycles. The number of hydrogen-bond donors (Lipinski definition) is 2. The van der Waals surface area contributed by atoms with E-state index in [9.17, 15) is 4.79 Å². The van der Waals surface area contributed by atoms with Crippen LogP contribution in [0.3, 0.4) is 0 Å². The fraction of sp³-hybridized carbons (Fsp3) is 0.471. The Morgan fingerprint density at radius 2 is 1.57 bits per heavy atom. The number of nitrogens with zero attached hydrogens (tertiary/aromatic N) is 2. The van der Waals surface area contributed by atoms with Gasteiger partial charge in [0.25, 0.3) is 0 Å². The first-order valence-electron chi connectivity index (χ1n) is 14.9. The minimum atomic E-state index is -0.410. The van der Waals surface area contributed by atoms with Crippen LogP contribution in [0.2, 0.25) is 0 Å². The van der Waals surface area contributed by atoms with Crippen molar-refractivity contribution in [3.8, 4) is 11.3 Å². The van der Waals surface area contributed by atoms with Crippen LogP contribution in [0.4, 0.5) is 0 Å². The van der Waals surface area contributed by atoms with Gasteiger partial charge >= 0.3 is 0 Å². The Kier molecular flexibility index (Phi) is 8.65. The molecule has 5 nitrogen and oxygen atoms in total. The topological polar surface area (TPSA) is 49.3 Å². The molecule has 0 spiro atoms. The van der Waals surface area contributed by atoms with Crippen molar-refractivity contribution in [3.63, 3.8) is 0 Å². The molecule has 6 heteroatoms. The highest BCUT2D eigenvalue weighted by molar-refractivity contribution is 7.80. The highest BCUT2D eigenvalue weighted by Gasteiger charge is 2.40. The number of carbonyl (C=O) groups is 1. The summed E-state index contributed by atoms with van der Waals surface area (Å²) in [5, 5.41) is 7.76.